The molecule has 0 bridgehead atoms. The topological polar surface area (TPSA) is 308 Å². The number of carbonyl (C=O) groups excluding carboxylic acids is 12. The van der Waals surface area contributed by atoms with E-state index in [0.717, 1.165) is 16.2 Å². The molecule has 0 unspecified atom stereocenters. The first kappa shape index (κ1) is 84.4. The van der Waals surface area contributed by atoms with Crippen molar-refractivity contribution in [2.75, 3.05) is 82.2 Å². The molecule has 5 N–H and O–H groups in total. The minimum Gasteiger partial charge on any atom is -0.391 e. The first-order chi connectivity index (χ1) is 46.9. The molecule has 0 aromatic heterocycles. The molecular formula is C74H118N12O14. The predicted molar refractivity (Wildman–Crippen MR) is 381 cm³/mol. The molecule has 2 saturated heterocycles. The maximum atomic E-state index is 15.6. The van der Waals surface area contributed by atoms with Gasteiger partial charge in [0.1, 0.15) is 60.4 Å². The van der Waals surface area contributed by atoms with Gasteiger partial charge in [-0.1, -0.05) is 136 Å². The van der Waals surface area contributed by atoms with Crippen LogP contribution in [0.2, 0.25) is 0 Å². The van der Waals surface area contributed by atoms with Crippen LogP contribution in [0.25, 0.3) is 0 Å². The van der Waals surface area contributed by atoms with Crippen molar-refractivity contribution in [1.82, 2.24) is 60.5 Å². The van der Waals surface area contributed by atoms with E-state index in [9.17, 15) is 33.9 Å². The first-order valence-corrected chi connectivity index (χ1v) is 35.6. The lowest BCUT2D eigenvalue weighted by molar-refractivity contribution is -0.152. The third-order valence-electron chi connectivity index (χ3n) is 19.2. The van der Waals surface area contributed by atoms with E-state index in [1.807, 2.05) is 54.5 Å². The molecule has 0 saturated carbocycles. The Labute approximate surface area is 593 Å². The number of piperidine rings is 1. The molecule has 0 radical (unpaired) electrons. The van der Waals surface area contributed by atoms with Crippen LogP contribution in [0.3, 0.4) is 0 Å². The molecule has 2 fully saturated rings. The summed E-state index contributed by atoms with van der Waals surface area (Å²) < 4.78 is 5.78. The molecule has 26 nitrogen and oxygen atoms in total. The van der Waals surface area contributed by atoms with Gasteiger partial charge in [-0.3, -0.25) is 57.5 Å². The summed E-state index contributed by atoms with van der Waals surface area (Å²) in [5, 5.41) is 21.7. The molecular weight excluding hydrogens is 1280 g/mol. The highest BCUT2D eigenvalue weighted by Gasteiger charge is 2.44. The Bertz CT molecular complexity index is 3070. The summed E-state index contributed by atoms with van der Waals surface area (Å²) in [6.07, 6.45) is 1.14. The maximum Gasteiger partial charge on any atom is 0.247 e. The second kappa shape index (κ2) is 39.9. The van der Waals surface area contributed by atoms with Gasteiger partial charge in [0, 0.05) is 75.3 Å². The normalized spacial score (nSPS) is 25.4. The van der Waals surface area contributed by atoms with Crippen LogP contribution in [0.5, 0.6) is 0 Å². The average Bonchev–Trinajstić information content (AvgIpc) is 0.814. The average molecular weight is 1400 g/mol. The van der Waals surface area contributed by atoms with Gasteiger partial charge >= 0.3 is 0 Å². The number of likely N-dealkylation sites (N-methyl/N-ethyl adjacent to an activating group) is 7. The van der Waals surface area contributed by atoms with E-state index in [2.05, 4.69) is 21.3 Å². The molecule has 2 aromatic carbocycles. The monoisotopic (exact) mass is 1400 g/mol. The van der Waals surface area contributed by atoms with Gasteiger partial charge in [0.05, 0.1) is 32.3 Å². The Morgan fingerprint density at radius 1 is 0.510 bits per heavy atom. The molecule has 0 spiro atoms. The lowest BCUT2D eigenvalue weighted by Crippen LogP contribution is -2.62. The van der Waals surface area contributed by atoms with Gasteiger partial charge in [-0.25, -0.2) is 0 Å². The molecule has 100 heavy (non-hydrogen) atoms. The SMILES string of the molecule is CC[C@H](C)[C@H]1C(=O)N[C@@H](C(C)C)C(=O)N(C)CC(=O)N(C)[C@@H](CC(C)C)C(=O)N[C@H](C(=O)N2CCCCC2)CC(=O)N(C)[C@@H](C)C(=O)N[C@@H](COC[C@@H](C)O)C(=O)N(C)[C@@H](CC(C)C)C(=O)N(C)[C@@H](Cc2ccccc2)C(=O)N[C@@H](CC(C)C)C(=O)N(C)[C@@H](Cc2ccccc2)C(=O)N1C. The highest BCUT2D eigenvalue weighted by atomic mass is 16.5. The van der Waals surface area contributed by atoms with E-state index in [4.69, 9.17) is 4.74 Å². The minimum atomic E-state index is -1.53. The number of rotatable bonds is 18. The summed E-state index contributed by atoms with van der Waals surface area (Å²) in [4.78, 5) is 190. The fraction of sp³-hybridized carbons (Fsp3) is 0.676. The van der Waals surface area contributed by atoms with Crippen LogP contribution < -0.4 is 21.3 Å². The van der Waals surface area contributed by atoms with Gasteiger partial charge < -0.3 is 70.3 Å². The number of carbonyl (C=O) groups is 12. The number of aliphatic hydroxyl groups is 1. The Balaban J connectivity index is 1.98. The largest absolute Gasteiger partial charge is 0.391 e. The molecule has 26 heteroatoms. The van der Waals surface area contributed by atoms with Crippen molar-refractivity contribution in [3.05, 3.63) is 71.8 Å². The summed E-state index contributed by atoms with van der Waals surface area (Å²) in [5.41, 5.74) is 1.33. The van der Waals surface area contributed by atoms with Crippen LogP contribution in [0.15, 0.2) is 60.7 Å². The Morgan fingerprint density at radius 2 is 0.990 bits per heavy atom. The van der Waals surface area contributed by atoms with Crippen molar-refractivity contribution >= 4 is 70.9 Å². The molecule has 558 valence electrons. The van der Waals surface area contributed by atoms with E-state index in [-0.39, 0.29) is 56.5 Å². The van der Waals surface area contributed by atoms with E-state index >= 15 is 28.8 Å². The van der Waals surface area contributed by atoms with E-state index in [0.29, 0.717) is 43.5 Å². The van der Waals surface area contributed by atoms with Crippen molar-refractivity contribution in [1.29, 1.82) is 0 Å². The third-order valence-corrected chi connectivity index (χ3v) is 19.2. The smallest absolute Gasteiger partial charge is 0.247 e. The van der Waals surface area contributed by atoms with Gasteiger partial charge in [-0.05, 0) is 93.1 Å². The van der Waals surface area contributed by atoms with Crippen LogP contribution in [0, 0.1) is 29.6 Å². The lowest BCUT2D eigenvalue weighted by Gasteiger charge is -2.39. The molecule has 2 aliphatic heterocycles. The van der Waals surface area contributed by atoms with Crippen LogP contribution in [0.4, 0.5) is 0 Å². The maximum absolute atomic E-state index is 15.6. The van der Waals surface area contributed by atoms with Crippen molar-refractivity contribution in [2.45, 2.75) is 214 Å². The van der Waals surface area contributed by atoms with Crippen LogP contribution >= 0.6 is 0 Å². The number of nitrogens with zero attached hydrogens (tertiary/aromatic N) is 8. The fourth-order valence-electron chi connectivity index (χ4n) is 12.7. The highest BCUT2D eigenvalue weighted by Crippen LogP contribution is 2.24. The molecule has 2 aliphatic rings. The molecule has 0 aliphatic carbocycles. The van der Waals surface area contributed by atoms with Gasteiger partial charge in [0.15, 0.2) is 0 Å². The number of nitrogens with one attached hydrogen (secondary N) is 4. The van der Waals surface area contributed by atoms with Crippen LogP contribution in [-0.2, 0) is 75.1 Å². The van der Waals surface area contributed by atoms with Gasteiger partial charge in [-0.2, -0.15) is 0 Å². The molecule has 2 aromatic rings. The number of hydrogen-bond donors (Lipinski definition) is 5. The number of amides is 12. The van der Waals surface area contributed by atoms with E-state index in [1.165, 1.54) is 87.7 Å². The first-order valence-electron chi connectivity index (χ1n) is 35.6. The van der Waals surface area contributed by atoms with Gasteiger partial charge in [-0.15, -0.1) is 0 Å². The number of aliphatic hydroxyl groups excluding tert-OH is 1. The van der Waals surface area contributed by atoms with Crippen molar-refractivity contribution in [3.8, 4) is 0 Å². The molecule has 12 atom stereocenters. The van der Waals surface area contributed by atoms with Crippen molar-refractivity contribution in [3.63, 3.8) is 0 Å². The summed E-state index contributed by atoms with van der Waals surface area (Å²) in [6, 6.07) is 4.74. The number of hydrogen-bond acceptors (Lipinski definition) is 14. The number of likely N-dealkylation sites (tertiary alicyclic amines) is 1. The standard InChI is InChI=1S/C74H118N12O14/c1-20-49(10)64-68(93)78-63(48(8)9)74(99)79(13)42-62(89)81(15)57(37-46(4)5)66(91)76-55(71(96)86-34-28-23-29-35-86)41-61(88)80(14)51(12)65(90)77-56(44-100-43-50(11)87)70(95)83(17)59(38-47(6)7)72(97)82(16)58(39-52-30-24-21-25-31-52)67(92)75-54(36-45(2)3)69(94)84(18)60(73(98)85(64)19)40-53-32-26-22-27-33-53/h21-22,24-27,30-33,45-51,54-60,63-64,87H,20,23,28-29,34-44H2,1-19H3,(H,75,92)(H,76,91)(H,77,90)(H,78,93)/t49-,50+,51-,54-,55-,56-,57-,58-,59-,60-,63-,64-/m0/s1. The highest BCUT2D eigenvalue weighted by molar-refractivity contribution is 6.00. The molecule has 4 rings (SSSR count). The second-order valence-corrected chi connectivity index (χ2v) is 29.2. The van der Waals surface area contributed by atoms with Crippen molar-refractivity contribution in [2.24, 2.45) is 29.6 Å². The molecule has 2 heterocycles. The Hall–Kier alpha value is -8.00. The predicted octanol–water partition coefficient (Wildman–Crippen LogP) is 3.51. The zero-order chi connectivity index (χ0) is 75.2. The van der Waals surface area contributed by atoms with Crippen LogP contribution in [-0.4, -0.2) is 264 Å². The Kier molecular flexibility index (Phi) is 33.6. The fourth-order valence-corrected chi connectivity index (χ4v) is 12.7. The zero-order valence-corrected chi connectivity index (χ0v) is 62.9. The number of ether oxygens (including phenoxy) is 1. The van der Waals surface area contributed by atoms with Crippen molar-refractivity contribution < 1.29 is 67.4 Å². The van der Waals surface area contributed by atoms with Gasteiger partial charge in [0.25, 0.3) is 0 Å². The van der Waals surface area contributed by atoms with E-state index in [1.54, 1.807) is 80.3 Å². The summed E-state index contributed by atoms with van der Waals surface area (Å²) in [6.45, 7) is 20.5. The summed E-state index contributed by atoms with van der Waals surface area (Å²) >= 11 is 0. The lowest BCUT2D eigenvalue weighted by atomic mass is 9.93. The minimum absolute atomic E-state index is 0.0227. The van der Waals surface area contributed by atoms with Gasteiger partial charge in [0.2, 0.25) is 70.9 Å². The quantitative estimate of drug-likeness (QED) is 0.143. The summed E-state index contributed by atoms with van der Waals surface area (Å²) in [7, 11) is 9.89. The summed E-state index contributed by atoms with van der Waals surface area (Å²) in [5.74, 6) is -10.1. The number of benzene rings is 2. The Morgan fingerprint density at radius 3 is 1.51 bits per heavy atom. The zero-order valence-electron chi connectivity index (χ0n) is 62.9. The second-order valence-electron chi connectivity index (χ2n) is 29.2. The van der Waals surface area contributed by atoms with E-state index < -0.39 is 169 Å². The molecule has 12 amide bonds. The third kappa shape index (κ3) is 24.1. The van der Waals surface area contributed by atoms with Crippen LogP contribution in [0.1, 0.15) is 146 Å².